The zero-order valence-corrected chi connectivity index (χ0v) is 17.2. The second-order valence-corrected chi connectivity index (χ2v) is 7.33. The second-order valence-electron chi connectivity index (χ2n) is 7.33. The molecule has 0 bridgehead atoms. The zero-order chi connectivity index (χ0) is 22.7. The van der Waals surface area contributed by atoms with E-state index in [4.69, 9.17) is 0 Å². The number of carbonyl (C=O) groups is 3. The third-order valence-corrected chi connectivity index (χ3v) is 5.02. The lowest BCUT2D eigenvalue weighted by Gasteiger charge is -2.15. The highest BCUT2D eigenvalue weighted by molar-refractivity contribution is 6.09. The van der Waals surface area contributed by atoms with Crippen molar-refractivity contribution in [3.8, 4) is 11.1 Å². The van der Waals surface area contributed by atoms with Crippen molar-refractivity contribution < 1.29 is 19.5 Å². The summed E-state index contributed by atoms with van der Waals surface area (Å²) in [6, 6.07) is 24.7. The van der Waals surface area contributed by atoms with Gasteiger partial charge < -0.3 is 20.5 Å². The van der Waals surface area contributed by atoms with Gasteiger partial charge in [-0.3, -0.25) is 9.59 Å². The molecule has 0 saturated heterocycles. The van der Waals surface area contributed by atoms with Crippen LogP contribution in [0.15, 0.2) is 84.9 Å². The topological polar surface area (TPSA) is 98.3 Å². The Morgan fingerprint density at radius 1 is 0.719 bits per heavy atom. The number of benzene rings is 4. The van der Waals surface area contributed by atoms with Crippen LogP contribution in [0.4, 0.5) is 11.4 Å². The fourth-order valence-electron chi connectivity index (χ4n) is 3.51. The van der Waals surface area contributed by atoms with Crippen LogP contribution in [-0.4, -0.2) is 17.8 Å². The first-order valence-electron chi connectivity index (χ1n) is 9.94. The Morgan fingerprint density at radius 2 is 1.47 bits per heavy atom. The molecule has 0 atom stereocenters. The largest absolute Gasteiger partial charge is 0.545 e. The van der Waals surface area contributed by atoms with Crippen molar-refractivity contribution in [2.75, 3.05) is 10.6 Å². The van der Waals surface area contributed by atoms with Crippen LogP contribution in [0.2, 0.25) is 0 Å². The highest BCUT2D eigenvalue weighted by Crippen LogP contribution is 2.28. The van der Waals surface area contributed by atoms with E-state index >= 15 is 0 Å². The van der Waals surface area contributed by atoms with Crippen molar-refractivity contribution in [2.24, 2.45) is 0 Å². The molecule has 0 aromatic heterocycles. The molecule has 0 unspecified atom stereocenters. The molecule has 32 heavy (non-hydrogen) atoms. The monoisotopic (exact) mass is 423 g/mol. The normalized spacial score (nSPS) is 10.5. The summed E-state index contributed by atoms with van der Waals surface area (Å²) in [7, 11) is 0. The third-order valence-electron chi connectivity index (χ3n) is 5.02. The van der Waals surface area contributed by atoms with Crippen LogP contribution in [0.25, 0.3) is 21.9 Å². The summed E-state index contributed by atoms with van der Waals surface area (Å²) >= 11 is 0. The van der Waals surface area contributed by atoms with Gasteiger partial charge in [0.2, 0.25) is 5.91 Å². The van der Waals surface area contributed by atoms with E-state index in [1.165, 1.54) is 19.1 Å². The Hall–Kier alpha value is -4.45. The number of carboxylic acids is 1. The average molecular weight is 423 g/mol. The molecule has 6 heteroatoms. The summed E-state index contributed by atoms with van der Waals surface area (Å²) in [5, 5.41) is 19.1. The minimum Gasteiger partial charge on any atom is -0.545 e. The molecule has 0 saturated carbocycles. The predicted octanol–water partition coefficient (Wildman–Crippen LogP) is 4.08. The van der Waals surface area contributed by atoms with Crippen LogP contribution in [0.3, 0.4) is 0 Å². The Kier molecular flexibility index (Phi) is 5.68. The third kappa shape index (κ3) is 4.49. The molecule has 0 aliphatic carbocycles. The lowest BCUT2D eigenvalue weighted by atomic mass is 10.0. The summed E-state index contributed by atoms with van der Waals surface area (Å²) in [6.45, 7) is 1.41. The number of nitrogens with one attached hydrogen (secondary N) is 2. The van der Waals surface area contributed by atoms with Crippen molar-refractivity contribution >= 4 is 39.9 Å². The molecular formula is C26H19N2O4-. The Labute approximate surface area is 184 Å². The maximum atomic E-state index is 12.8. The number of anilines is 2. The Balaban J connectivity index is 1.64. The highest BCUT2D eigenvalue weighted by Gasteiger charge is 2.12. The lowest BCUT2D eigenvalue weighted by Crippen LogP contribution is -2.25. The zero-order valence-electron chi connectivity index (χ0n) is 17.2. The minimum absolute atomic E-state index is 0.137. The van der Waals surface area contributed by atoms with Gasteiger partial charge in [0.15, 0.2) is 0 Å². The van der Waals surface area contributed by atoms with Gasteiger partial charge in [-0.2, -0.15) is 0 Å². The molecule has 0 spiro atoms. The second kappa shape index (κ2) is 8.73. The van der Waals surface area contributed by atoms with Crippen molar-refractivity contribution in [3.05, 3.63) is 96.1 Å². The Morgan fingerprint density at radius 3 is 2.22 bits per heavy atom. The van der Waals surface area contributed by atoms with Gasteiger partial charge in [0.1, 0.15) is 0 Å². The maximum Gasteiger partial charge on any atom is 0.255 e. The van der Waals surface area contributed by atoms with E-state index in [2.05, 4.69) is 10.6 Å². The molecule has 4 rings (SSSR count). The predicted molar refractivity (Wildman–Crippen MR) is 122 cm³/mol. The van der Waals surface area contributed by atoms with E-state index in [1.807, 2.05) is 30.3 Å². The van der Waals surface area contributed by atoms with E-state index in [-0.39, 0.29) is 17.2 Å². The molecule has 4 aromatic rings. The summed E-state index contributed by atoms with van der Waals surface area (Å²) in [6.07, 6.45) is 0. The van der Waals surface area contributed by atoms with Gasteiger partial charge in [0.25, 0.3) is 5.91 Å². The van der Waals surface area contributed by atoms with Crippen LogP contribution in [0.5, 0.6) is 0 Å². The molecule has 0 aliphatic heterocycles. The summed E-state index contributed by atoms with van der Waals surface area (Å²) in [5.74, 6) is -2.03. The molecule has 2 amide bonds. The molecule has 2 N–H and O–H groups in total. The number of amides is 2. The quantitative estimate of drug-likeness (QED) is 0.505. The molecule has 4 aromatic carbocycles. The van der Waals surface area contributed by atoms with Crippen molar-refractivity contribution in [1.82, 2.24) is 0 Å². The van der Waals surface area contributed by atoms with E-state index in [0.29, 0.717) is 22.4 Å². The average Bonchev–Trinajstić information content (AvgIpc) is 2.78. The summed E-state index contributed by atoms with van der Waals surface area (Å²) in [5.41, 5.74) is 2.34. The van der Waals surface area contributed by atoms with Gasteiger partial charge >= 0.3 is 0 Å². The number of aromatic carboxylic acids is 1. The summed E-state index contributed by atoms with van der Waals surface area (Å²) < 4.78 is 0. The molecule has 0 fully saturated rings. The number of fused-ring (bicyclic) bond motifs is 1. The van der Waals surface area contributed by atoms with Crippen LogP contribution < -0.4 is 15.7 Å². The molecule has 158 valence electrons. The van der Waals surface area contributed by atoms with Gasteiger partial charge in [-0.05, 0) is 58.3 Å². The van der Waals surface area contributed by atoms with Crippen LogP contribution in [-0.2, 0) is 4.79 Å². The number of carbonyl (C=O) groups excluding carboxylic acids is 3. The molecule has 6 nitrogen and oxygen atoms in total. The summed E-state index contributed by atoms with van der Waals surface area (Å²) in [4.78, 5) is 35.9. The fourth-order valence-corrected chi connectivity index (χ4v) is 3.51. The SMILES string of the molecule is CC(=O)Nc1cccc(-c2ccc(NC(=O)c3ccc4ccccc4c3)c(C(=O)[O-])c2)c1. The smallest absolute Gasteiger partial charge is 0.255 e. The van der Waals surface area contributed by atoms with Crippen molar-refractivity contribution in [3.63, 3.8) is 0 Å². The number of hydrogen-bond acceptors (Lipinski definition) is 4. The molecule has 0 aliphatic rings. The highest BCUT2D eigenvalue weighted by atomic mass is 16.4. The fraction of sp³-hybridized carbons (Fsp3) is 0.0385. The molecular weight excluding hydrogens is 404 g/mol. The van der Waals surface area contributed by atoms with Gasteiger partial charge in [-0.15, -0.1) is 0 Å². The van der Waals surface area contributed by atoms with E-state index in [0.717, 1.165) is 10.8 Å². The maximum absolute atomic E-state index is 12.8. The van der Waals surface area contributed by atoms with Gasteiger partial charge in [0.05, 0.1) is 11.7 Å². The van der Waals surface area contributed by atoms with Gasteiger partial charge in [-0.1, -0.05) is 48.5 Å². The van der Waals surface area contributed by atoms with E-state index in [1.54, 1.807) is 42.5 Å². The first-order valence-corrected chi connectivity index (χ1v) is 9.94. The van der Waals surface area contributed by atoms with Crippen LogP contribution in [0.1, 0.15) is 27.6 Å². The van der Waals surface area contributed by atoms with Gasteiger partial charge in [-0.25, -0.2) is 0 Å². The van der Waals surface area contributed by atoms with Crippen molar-refractivity contribution in [2.45, 2.75) is 6.92 Å². The van der Waals surface area contributed by atoms with Crippen LogP contribution >= 0.6 is 0 Å². The minimum atomic E-state index is -1.40. The first kappa shape index (κ1) is 20.8. The number of rotatable bonds is 5. The van der Waals surface area contributed by atoms with E-state index < -0.39 is 11.9 Å². The standard InChI is InChI=1S/C26H20N2O4/c1-16(29)27-22-8-4-7-19(14-22)20-11-12-24(23(15-20)26(31)32)28-25(30)21-10-9-17-5-2-3-6-18(17)13-21/h2-15H,1H3,(H,27,29)(H,28,30)(H,31,32)/p-1. The molecule has 0 radical (unpaired) electrons. The Bertz CT molecular complexity index is 1360. The number of hydrogen-bond donors (Lipinski definition) is 2. The van der Waals surface area contributed by atoms with Crippen LogP contribution in [0, 0.1) is 0 Å². The molecule has 0 heterocycles. The lowest BCUT2D eigenvalue weighted by molar-refractivity contribution is -0.254. The van der Waals surface area contributed by atoms with Gasteiger partial charge in [0, 0.05) is 23.7 Å². The van der Waals surface area contributed by atoms with E-state index in [9.17, 15) is 19.5 Å². The number of carboxylic acid groups (broad SMARTS) is 1. The first-order chi connectivity index (χ1) is 15.4. The van der Waals surface area contributed by atoms with Crippen molar-refractivity contribution in [1.29, 1.82) is 0 Å².